The normalized spacial score (nSPS) is 10.9. The van der Waals surface area contributed by atoms with Crippen molar-refractivity contribution in [1.29, 1.82) is 0 Å². The molecule has 0 aliphatic rings. The molecule has 0 spiro atoms. The van der Waals surface area contributed by atoms with E-state index in [2.05, 4.69) is 15.4 Å². The van der Waals surface area contributed by atoms with Gasteiger partial charge in [0.05, 0.1) is 24.1 Å². The van der Waals surface area contributed by atoms with Crippen LogP contribution in [0.15, 0.2) is 30.3 Å². The molecule has 9 nitrogen and oxygen atoms in total. The van der Waals surface area contributed by atoms with Crippen molar-refractivity contribution in [3.05, 3.63) is 52.6 Å². The molecule has 2 rings (SSSR count). The number of nitrogens with one attached hydrogen (secondary N) is 3. The quantitative estimate of drug-likeness (QED) is 0.586. The molecule has 2 aromatic carbocycles. The first kappa shape index (κ1) is 24.9. The first-order valence-corrected chi connectivity index (χ1v) is 11.7. The van der Waals surface area contributed by atoms with E-state index in [9.17, 15) is 22.8 Å². The lowest BCUT2D eigenvalue weighted by Gasteiger charge is -2.20. The van der Waals surface area contributed by atoms with Crippen molar-refractivity contribution in [2.24, 2.45) is 0 Å². The van der Waals surface area contributed by atoms with Crippen molar-refractivity contribution in [2.75, 3.05) is 35.2 Å². The van der Waals surface area contributed by atoms with E-state index >= 15 is 0 Å². The summed E-state index contributed by atoms with van der Waals surface area (Å²) in [4.78, 5) is 38.2. The number of likely N-dealkylation sites (N-methyl/N-ethyl adjacent to an activating group) is 1. The fourth-order valence-electron chi connectivity index (χ4n) is 3.34. The van der Waals surface area contributed by atoms with Crippen LogP contribution in [0.5, 0.6) is 0 Å². The van der Waals surface area contributed by atoms with E-state index in [0.717, 1.165) is 22.9 Å². The smallest absolute Gasteiger partial charge is 0.256 e. The maximum absolute atomic E-state index is 13.1. The first-order chi connectivity index (χ1) is 14.8. The Morgan fingerprint density at radius 1 is 0.969 bits per heavy atom. The lowest BCUT2D eigenvalue weighted by Crippen LogP contribution is -2.35. The Balaban J connectivity index is 2.26. The van der Waals surface area contributed by atoms with Crippen molar-refractivity contribution in [3.63, 3.8) is 0 Å². The number of amides is 3. The van der Waals surface area contributed by atoms with Crippen molar-refractivity contribution < 1.29 is 22.8 Å². The van der Waals surface area contributed by atoms with E-state index in [1.54, 1.807) is 0 Å². The van der Waals surface area contributed by atoms with Gasteiger partial charge in [-0.05, 0) is 50.1 Å². The highest BCUT2D eigenvalue weighted by Crippen LogP contribution is 2.24. The van der Waals surface area contributed by atoms with Crippen LogP contribution in [0, 0.1) is 20.8 Å². The fraction of sp³-hybridized carbons (Fsp3) is 0.318. The molecule has 32 heavy (non-hydrogen) atoms. The van der Waals surface area contributed by atoms with Crippen LogP contribution in [0.2, 0.25) is 0 Å². The molecule has 0 radical (unpaired) electrons. The van der Waals surface area contributed by atoms with Crippen LogP contribution in [-0.2, 0) is 19.6 Å². The van der Waals surface area contributed by atoms with Gasteiger partial charge in [0, 0.05) is 25.3 Å². The summed E-state index contributed by atoms with van der Waals surface area (Å²) in [5.74, 6) is -1.33. The van der Waals surface area contributed by atoms with Crippen LogP contribution in [0.3, 0.4) is 0 Å². The average Bonchev–Trinajstić information content (AvgIpc) is 2.63. The Hall–Kier alpha value is -3.40. The van der Waals surface area contributed by atoms with Crippen LogP contribution in [0.4, 0.5) is 17.1 Å². The molecule has 0 aliphatic carbocycles. The third-order valence-electron chi connectivity index (χ3n) is 4.53. The second-order valence-electron chi connectivity index (χ2n) is 7.80. The molecule has 0 atom stereocenters. The molecule has 0 saturated heterocycles. The lowest BCUT2D eigenvalue weighted by molar-refractivity contribution is -0.116. The molecule has 0 fully saturated rings. The number of aryl methyl sites for hydroxylation is 3. The molecule has 3 N–H and O–H groups in total. The summed E-state index contributed by atoms with van der Waals surface area (Å²) in [6.07, 6.45) is 0.965. The molecule has 0 unspecified atom stereocenters. The number of carbonyl (C=O) groups excluding carboxylic acids is 3. The summed E-state index contributed by atoms with van der Waals surface area (Å²) >= 11 is 0. The predicted octanol–water partition coefficient (Wildman–Crippen LogP) is 2.65. The Morgan fingerprint density at radius 3 is 2.09 bits per heavy atom. The minimum Gasteiger partial charge on any atom is -0.332 e. The molecule has 0 heterocycles. The summed E-state index contributed by atoms with van der Waals surface area (Å²) in [5.41, 5.74) is 3.95. The molecule has 0 bridgehead atoms. The molecule has 0 saturated carbocycles. The number of sulfonamides is 1. The monoisotopic (exact) mass is 460 g/mol. The van der Waals surface area contributed by atoms with E-state index in [-0.39, 0.29) is 23.7 Å². The summed E-state index contributed by atoms with van der Waals surface area (Å²) in [6.45, 7) is 6.81. The zero-order valence-corrected chi connectivity index (χ0v) is 19.8. The summed E-state index contributed by atoms with van der Waals surface area (Å²) < 4.78 is 25.7. The summed E-state index contributed by atoms with van der Waals surface area (Å²) in [5, 5.41) is 5.39. The third-order valence-corrected chi connectivity index (χ3v) is 5.13. The highest BCUT2D eigenvalue weighted by Gasteiger charge is 2.21. The van der Waals surface area contributed by atoms with Gasteiger partial charge in [0.2, 0.25) is 21.8 Å². The highest BCUT2D eigenvalue weighted by atomic mass is 32.2. The maximum Gasteiger partial charge on any atom is 0.256 e. The number of hydrogen-bond donors (Lipinski definition) is 3. The second-order valence-corrected chi connectivity index (χ2v) is 9.55. The lowest BCUT2D eigenvalue weighted by atomic mass is 10.1. The largest absolute Gasteiger partial charge is 0.332 e. The SMILES string of the molecule is CC(=O)Nc1ccc(NS(C)(=O)=O)c(C(=O)N(C)CC(=O)Nc2c(C)cc(C)cc2C)c1. The van der Waals surface area contributed by atoms with Crippen LogP contribution < -0.4 is 15.4 Å². The van der Waals surface area contributed by atoms with Crippen molar-refractivity contribution >= 4 is 44.8 Å². The number of rotatable bonds is 7. The minimum atomic E-state index is -3.66. The van der Waals surface area contributed by atoms with Crippen LogP contribution in [0.25, 0.3) is 0 Å². The van der Waals surface area contributed by atoms with Gasteiger partial charge in [-0.15, -0.1) is 0 Å². The van der Waals surface area contributed by atoms with E-state index in [0.29, 0.717) is 11.4 Å². The molecule has 3 amide bonds. The van der Waals surface area contributed by atoms with Crippen LogP contribution in [0.1, 0.15) is 34.0 Å². The average molecular weight is 461 g/mol. The Kier molecular flexibility index (Phi) is 7.63. The van der Waals surface area contributed by atoms with Crippen LogP contribution >= 0.6 is 0 Å². The van der Waals surface area contributed by atoms with E-state index in [4.69, 9.17) is 0 Å². The second kappa shape index (κ2) is 9.82. The number of hydrogen-bond acceptors (Lipinski definition) is 5. The number of benzene rings is 2. The van der Waals surface area contributed by atoms with E-state index in [1.807, 2.05) is 32.9 Å². The molecular weight excluding hydrogens is 432 g/mol. The van der Waals surface area contributed by atoms with Gasteiger partial charge in [0.15, 0.2) is 0 Å². The molecule has 2 aromatic rings. The van der Waals surface area contributed by atoms with Gasteiger partial charge in [-0.25, -0.2) is 8.42 Å². The maximum atomic E-state index is 13.1. The van der Waals surface area contributed by atoms with Gasteiger partial charge in [0.25, 0.3) is 5.91 Å². The molecule has 10 heteroatoms. The van der Waals surface area contributed by atoms with Gasteiger partial charge in [-0.3, -0.25) is 19.1 Å². The number of carbonyl (C=O) groups is 3. The minimum absolute atomic E-state index is 0.000304. The third kappa shape index (κ3) is 6.81. The number of anilines is 3. The molecular formula is C22H28N4O5S. The fourth-order valence-corrected chi connectivity index (χ4v) is 3.92. The van der Waals surface area contributed by atoms with Gasteiger partial charge < -0.3 is 15.5 Å². The molecule has 172 valence electrons. The Morgan fingerprint density at radius 2 is 1.56 bits per heavy atom. The Labute approximate surface area is 188 Å². The van der Waals surface area contributed by atoms with Gasteiger partial charge in [0.1, 0.15) is 0 Å². The van der Waals surface area contributed by atoms with Crippen molar-refractivity contribution in [3.8, 4) is 0 Å². The Bertz CT molecular complexity index is 1150. The summed E-state index contributed by atoms with van der Waals surface area (Å²) in [6, 6.07) is 8.12. The standard InChI is InChI=1S/C22H28N4O5S/c1-13-9-14(2)21(15(3)10-13)24-20(28)12-26(5)22(29)18-11-17(23-16(4)27)7-8-19(18)25-32(6,30)31/h7-11,25H,12H2,1-6H3,(H,23,27)(H,24,28). The first-order valence-electron chi connectivity index (χ1n) is 9.79. The van der Waals surface area contributed by atoms with E-state index in [1.165, 1.54) is 37.1 Å². The topological polar surface area (TPSA) is 125 Å². The zero-order valence-electron chi connectivity index (χ0n) is 19.0. The highest BCUT2D eigenvalue weighted by molar-refractivity contribution is 7.92. The van der Waals surface area contributed by atoms with E-state index < -0.39 is 21.8 Å². The summed E-state index contributed by atoms with van der Waals surface area (Å²) in [7, 11) is -2.22. The van der Waals surface area contributed by atoms with Gasteiger partial charge in [-0.1, -0.05) is 17.7 Å². The predicted molar refractivity (Wildman–Crippen MR) is 125 cm³/mol. The molecule has 0 aromatic heterocycles. The van der Waals surface area contributed by atoms with Gasteiger partial charge >= 0.3 is 0 Å². The zero-order chi connectivity index (χ0) is 24.2. The van der Waals surface area contributed by atoms with Gasteiger partial charge in [-0.2, -0.15) is 0 Å². The van der Waals surface area contributed by atoms with Crippen molar-refractivity contribution in [2.45, 2.75) is 27.7 Å². The number of nitrogens with zero attached hydrogens (tertiary/aromatic N) is 1. The molecule has 0 aliphatic heterocycles. The van der Waals surface area contributed by atoms with Crippen LogP contribution in [-0.4, -0.2) is 50.9 Å². The van der Waals surface area contributed by atoms with Crippen molar-refractivity contribution in [1.82, 2.24) is 4.90 Å².